The molecule has 1 aliphatic rings. The summed E-state index contributed by atoms with van der Waals surface area (Å²) in [5.41, 5.74) is 0.316. The Morgan fingerprint density at radius 2 is 2.37 bits per heavy atom. The minimum atomic E-state index is -3.76. The molecule has 1 fully saturated rings. The van der Waals surface area contributed by atoms with E-state index in [9.17, 15) is 13.2 Å². The monoisotopic (exact) mass is 323 g/mol. The van der Waals surface area contributed by atoms with Gasteiger partial charge in [-0.3, -0.25) is 4.79 Å². The summed E-state index contributed by atoms with van der Waals surface area (Å²) in [7, 11) is 1.45. The number of thiophene rings is 1. The zero-order valence-electron chi connectivity index (χ0n) is 10.3. The Balaban J connectivity index is 1.95. The topological polar surface area (TPSA) is 72.5 Å². The molecule has 1 aliphatic heterocycles. The molecule has 0 aromatic carbocycles. The third kappa shape index (κ3) is 3.68. The second-order valence-corrected chi connectivity index (χ2v) is 8.13. The van der Waals surface area contributed by atoms with Gasteiger partial charge in [-0.05, 0) is 19.4 Å². The van der Waals surface area contributed by atoms with Gasteiger partial charge in [-0.2, -0.15) is 0 Å². The molecule has 8 heteroatoms. The summed E-state index contributed by atoms with van der Waals surface area (Å²) >= 11 is 0.938. The molecule has 2 rings (SSSR count). The minimum absolute atomic E-state index is 0.0168. The number of nitrogens with one attached hydrogen (secondary N) is 1. The van der Waals surface area contributed by atoms with Crippen molar-refractivity contribution in [2.45, 2.75) is 23.7 Å². The smallest absolute Gasteiger partial charge is 0.270 e. The van der Waals surface area contributed by atoms with Crippen LogP contribution in [0, 0.1) is 5.92 Å². The highest BCUT2D eigenvalue weighted by Crippen LogP contribution is 2.24. The average Bonchev–Trinajstić information content (AvgIpc) is 2.93. The van der Waals surface area contributed by atoms with E-state index in [4.69, 9.17) is 15.4 Å². The molecule has 2 heterocycles. The van der Waals surface area contributed by atoms with Crippen molar-refractivity contribution in [1.29, 1.82) is 0 Å². The van der Waals surface area contributed by atoms with E-state index >= 15 is 0 Å². The number of ether oxygens (including phenoxy) is 1. The molecule has 0 bridgehead atoms. The first kappa shape index (κ1) is 14.8. The van der Waals surface area contributed by atoms with Crippen molar-refractivity contribution >= 4 is 37.0 Å². The summed E-state index contributed by atoms with van der Waals surface area (Å²) < 4.78 is 27.6. The Morgan fingerprint density at radius 1 is 1.63 bits per heavy atom. The summed E-state index contributed by atoms with van der Waals surface area (Å²) in [5.74, 6) is 0.0146. The van der Waals surface area contributed by atoms with E-state index in [0.717, 1.165) is 24.4 Å². The fourth-order valence-corrected chi connectivity index (χ4v) is 3.88. The number of hydrogen-bond donors (Lipinski definition) is 1. The molecule has 1 aromatic heterocycles. The number of rotatable bonds is 4. The van der Waals surface area contributed by atoms with Gasteiger partial charge in [0.25, 0.3) is 15.0 Å². The first-order valence-electron chi connectivity index (χ1n) is 5.81. The van der Waals surface area contributed by atoms with Gasteiger partial charge < -0.3 is 10.1 Å². The third-order valence-corrected chi connectivity index (χ3v) is 6.18. The number of carbonyl (C=O) groups excluding carboxylic acids is 1. The first-order chi connectivity index (χ1) is 8.88. The summed E-state index contributed by atoms with van der Waals surface area (Å²) in [6.07, 6.45) is 1.06. The standard InChI is InChI=1S/C11H14ClNO4S2/c1-7-8(2-3-17-7)5-13-11(14)9-4-10(18-6-9)19(12,15)16/h4,6-8H,2-3,5H2,1H3,(H,13,14). The maximum atomic E-state index is 11.9. The molecule has 1 N–H and O–H groups in total. The fourth-order valence-electron chi connectivity index (χ4n) is 1.93. The van der Waals surface area contributed by atoms with Crippen LogP contribution >= 0.6 is 22.0 Å². The van der Waals surface area contributed by atoms with Crippen molar-refractivity contribution in [2.75, 3.05) is 13.2 Å². The van der Waals surface area contributed by atoms with Gasteiger partial charge in [0.2, 0.25) is 0 Å². The number of amides is 1. The molecular weight excluding hydrogens is 310 g/mol. The van der Waals surface area contributed by atoms with Gasteiger partial charge in [0.15, 0.2) is 0 Å². The maximum absolute atomic E-state index is 11.9. The van der Waals surface area contributed by atoms with E-state index in [1.807, 2.05) is 6.92 Å². The summed E-state index contributed by atoms with van der Waals surface area (Å²) in [6.45, 7) is 3.22. The second kappa shape index (κ2) is 5.78. The molecule has 1 aromatic rings. The molecule has 2 atom stereocenters. The van der Waals surface area contributed by atoms with Gasteiger partial charge >= 0.3 is 0 Å². The summed E-state index contributed by atoms with van der Waals surface area (Å²) in [6, 6.07) is 1.29. The largest absolute Gasteiger partial charge is 0.378 e. The highest BCUT2D eigenvalue weighted by molar-refractivity contribution is 8.15. The molecule has 1 amide bonds. The molecule has 2 unspecified atom stereocenters. The average molecular weight is 324 g/mol. The van der Waals surface area contributed by atoms with Crippen molar-refractivity contribution in [1.82, 2.24) is 5.32 Å². The molecule has 0 radical (unpaired) electrons. The van der Waals surface area contributed by atoms with Crippen LogP contribution in [0.2, 0.25) is 0 Å². The van der Waals surface area contributed by atoms with Gasteiger partial charge in [-0.1, -0.05) is 0 Å². The van der Waals surface area contributed by atoms with Crippen LogP contribution in [-0.2, 0) is 13.8 Å². The van der Waals surface area contributed by atoms with E-state index < -0.39 is 9.05 Å². The molecule has 0 saturated carbocycles. The van der Waals surface area contributed by atoms with Gasteiger partial charge in [0.1, 0.15) is 4.21 Å². The number of halogens is 1. The van der Waals surface area contributed by atoms with Crippen molar-refractivity contribution in [3.63, 3.8) is 0 Å². The van der Waals surface area contributed by atoms with E-state index in [2.05, 4.69) is 5.32 Å². The summed E-state index contributed by atoms with van der Waals surface area (Å²) in [4.78, 5) is 11.9. The minimum Gasteiger partial charge on any atom is -0.378 e. The lowest BCUT2D eigenvalue weighted by molar-refractivity contribution is 0.0907. The second-order valence-electron chi connectivity index (χ2n) is 4.43. The summed E-state index contributed by atoms with van der Waals surface area (Å²) in [5, 5.41) is 4.27. The van der Waals surface area contributed by atoms with Crippen LogP contribution in [0.1, 0.15) is 23.7 Å². The zero-order valence-corrected chi connectivity index (χ0v) is 12.6. The Hall–Kier alpha value is -0.630. The van der Waals surface area contributed by atoms with Gasteiger partial charge in [-0.25, -0.2) is 8.42 Å². The van der Waals surface area contributed by atoms with Gasteiger partial charge in [0.05, 0.1) is 11.7 Å². The van der Waals surface area contributed by atoms with Crippen LogP contribution in [0.25, 0.3) is 0 Å². The van der Waals surface area contributed by atoms with E-state index in [1.165, 1.54) is 11.4 Å². The molecular formula is C11H14ClNO4S2. The van der Waals surface area contributed by atoms with E-state index in [1.54, 1.807) is 0 Å². The molecule has 5 nitrogen and oxygen atoms in total. The van der Waals surface area contributed by atoms with Crippen LogP contribution in [0.4, 0.5) is 0 Å². The van der Waals surface area contributed by atoms with Crippen molar-refractivity contribution in [2.24, 2.45) is 5.92 Å². The lowest BCUT2D eigenvalue weighted by atomic mass is 10.0. The molecule has 106 valence electrons. The Morgan fingerprint density at radius 3 is 2.89 bits per heavy atom. The van der Waals surface area contributed by atoms with Crippen molar-refractivity contribution < 1.29 is 17.9 Å². The highest BCUT2D eigenvalue weighted by Gasteiger charge is 2.25. The predicted octanol–water partition coefficient (Wildman–Crippen LogP) is 1.83. The molecule has 19 heavy (non-hydrogen) atoms. The number of hydrogen-bond acceptors (Lipinski definition) is 5. The fraction of sp³-hybridized carbons (Fsp3) is 0.545. The first-order valence-corrected chi connectivity index (χ1v) is 9.00. The number of carbonyl (C=O) groups is 1. The lowest BCUT2D eigenvalue weighted by Crippen LogP contribution is -2.31. The van der Waals surface area contributed by atoms with Crippen molar-refractivity contribution in [3.8, 4) is 0 Å². The molecule has 0 spiro atoms. The van der Waals surface area contributed by atoms with Gasteiger partial charge in [-0.15, -0.1) is 11.3 Å². The Bertz CT molecular complexity index is 569. The quantitative estimate of drug-likeness (QED) is 0.858. The van der Waals surface area contributed by atoms with E-state index in [-0.39, 0.29) is 16.2 Å². The molecule has 0 aliphatic carbocycles. The van der Waals surface area contributed by atoms with Crippen LogP contribution in [0.15, 0.2) is 15.7 Å². The zero-order chi connectivity index (χ0) is 14.0. The van der Waals surface area contributed by atoms with Crippen LogP contribution in [0.3, 0.4) is 0 Å². The van der Waals surface area contributed by atoms with E-state index in [0.29, 0.717) is 18.0 Å². The Labute approximate surface area is 120 Å². The molecule has 1 saturated heterocycles. The van der Waals surface area contributed by atoms with Crippen LogP contribution < -0.4 is 5.32 Å². The Kier molecular flexibility index (Phi) is 4.50. The van der Waals surface area contributed by atoms with Crippen LogP contribution in [-0.4, -0.2) is 33.6 Å². The van der Waals surface area contributed by atoms with Crippen molar-refractivity contribution in [3.05, 3.63) is 17.0 Å². The third-order valence-electron chi connectivity index (χ3n) is 3.14. The predicted molar refractivity (Wildman–Crippen MR) is 73.2 cm³/mol. The van der Waals surface area contributed by atoms with Crippen LogP contribution in [0.5, 0.6) is 0 Å². The van der Waals surface area contributed by atoms with Gasteiger partial charge in [0, 0.05) is 35.1 Å². The SMILES string of the molecule is CC1OCCC1CNC(=O)c1csc(S(=O)(=O)Cl)c1. The highest BCUT2D eigenvalue weighted by atomic mass is 35.7. The lowest BCUT2D eigenvalue weighted by Gasteiger charge is -2.14. The normalized spacial score (nSPS) is 23.5. The maximum Gasteiger partial charge on any atom is 0.270 e.